The number of ether oxygens (including phenoxy) is 2. The highest BCUT2D eigenvalue weighted by Crippen LogP contribution is 2.30. The summed E-state index contributed by atoms with van der Waals surface area (Å²) in [6, 6.07) is 10.4. The fourth-order valence-corrected chi connectivity index (χ4v) is 2.37. The van der Waals surface area contributed by atoms with Crippen molar-refractivity contribution < 1.29 is 14.3 Å². The van der Waals surface area contributed by atoms with Gasteiger partial charge in [-0.15, -0.1) is 0 Å². The standard InChI is InChI=1S/C15H12Cl2N2O3/c16-10-5-6-13(17)19-14(10)15(20)18-7-9-8-21-11-3-1-2-4-12(11)22-9/h1-6,9H,7-8H2,(H,18,20). The normalized spacial score (nSPS) is 16.2. The van der Waals surface area contributed by atoms with Gasteiger partial charge in [0.25, 0.3) is 5.91 Å². The number of rotatable bonds is 3. The molecule has 2 heterocycles. The van der Waals surface area contributed by atoms with Gasteiger partial charge in [-0.2, -0.15) is 0 Å². The zero-order chi connectivity index (χ0) is 15.5. The molecule has 1 amide bonds. The van der Waals surface area contributed by atoms with Crippen LogP contribution in [0.15, 0.2) is 36.4 Å². The molecule has 1 atom stereocenters. The molecule has 0 aliphatic carbocycles. The number of pyridine rings is 1. The summed E-state index contributed by atoms with van der Waals surface area (Å²) in [4.78, 5) is 16.0. The lowest BCUT2D eigenvalue weighted by molar-refractivity contribution is 0.0786. The molecule has 0 bridgehead atoms. The number of carbonyl (C=O) groups is 1. The summed E-state index contributed by atoms with van der Waals surface area (Å²) in [5.74, 6) is 0.950. The van der Waals surface area contributed by atoms with Crippen molar-refractivity contribution in [2.45, 2.75) is 6.10 Å². The summed E-state index contributed by atoms with van der Waals surface area (Å²) >= 11 is 11.7. The van der Waals surface area contributed by atoms with Gasteiger partial charge in [-0.1, -0.05) is 35.3 Å². The molecule has 0 spiro atoms. The molecule has 22 heavy (non-hydrogen) atoms. The first-order valence-electron chi connectivity index (χ1n) is 6.62. The summed E-state index contributed by atoms with van der Waals surface area (Å²) in [5, 5.41) is 3.17. The van der Waals surface area contributed by atoms with Gasteiger partial charge in [0, 0.05) is 0 Å². The van der Waals surface area contributed by atoms with Crippen molar-refractivity contribution in [3.05, 3.63) is 52.3 Å². The van der Waals surface area contributed by atoms with E-state index in [1.54, 1.807) is 0 Å². The van der Waals surface area contributed by atoms with Crippen LogP contribution in [0.4, 0.5) is 0 Å². The molecule has 0 fully saturated rings. The number of aromatic nitrogens is 1. The second kappa shape index (κ2) is 6.42. The number of hydrogen-bond acceptors (Lipinski definition) is 4. The van der Waals surface area contributed by atoms with Crippen molar-refractivity contribution in [3.63, 3.8) is 0 Å². The van der Waals surface area contributed by atoms with E-state index in [1.807, 2.05) is 24.3 Å². The first-order valence-corrected chi connectivity index (χ1v) is 7.38. The highest BCUT2D eigenvalue weighted by atomic mass is 35.5. The van der Waals surface area contributed by atoms with Crippen LogP contribution in [0.1, 0.15) is 10.5 Å². The molecule has 3 rings (SSSR count). The van der Waals surface area contributed by atoms with Crippen LogP contribution in [0.25, 0.3) is 0 Å². The predicted octanol–water partition coefficient (Wildman–Crippen LogP) is 2.96. The quantitative estimate of drug-likeness (QED) is 0.874. The van der Waals surface area contributed by atoms with Crippen molar-refractivity contribution in [2.24, 2.45) is 0 Å². The summed E-state index contributed by atoms with van der Waals surface area (Å²) in [6.07, 6.45) is -0.281. The fraction of sp³-hybridized carbons (Fsp3) is 0.200. The van der Waals surface area contributed by atoms with Crippen LogP contribution in [0, 0.1) is 0 Å². The Labute approximate surface area is 137 Å². The highest BCUT2D eigenvalue weighted by molar-refractivity contribution is 6.34. The number of benzene rings is 1. The summed E-state index contributed by atoms with van der Waals surface area (Å²) in [6.45, 7) is 0.631. The molecular formula is C15H12Cl2N2O3. The number of carbonyl (C=O) groups excluding carboxylic acids is 1. The Morgan fingerprint density at radius 1 is 1.23 bits per heavy atom. The number of nitrogens with zero attached hydrogens (tertiary/aromatic N) is 1. The van der Waals surface area contributed by atoms with Crippen LogP contribution in [-0.2, 0) is 0 Å². The van der Waals surface area contributed by atoms with Gasteiger partial charge in [0.2, 0.25) is 0 Å². The third-order valence-corrected chi connectivity index (χ3v) is 3.60. The lowest BCUT2D eigenvalue weighted by Crippen LogP contribution is -2.41. The molecule has 2 aromatic rings. The van der Waals surface area contributed by atoms with Crippen molar-refractivity contribution >= 4 is 29.1 Å². The second-order valence-electron chi connectivity index (χ2n) is 4.67. The molecule has 1 aromatic carbocycles. The van der Waals surface area contributed by atoms with Crippen molar-refractivity contribution in [2.75, 3.05) is 13.2 Å². The van der Waals surface area contributed by atoms with Gasteiger partial charge in [-0.25, -0.2) is 4.98 Å². The minimum absolute atomic E-state index is 0.0892. The first-order chi connectivity index (χ1) is 10.6. The molecule has 1 aliphatic rings. The average Bonchev–Trinajstić information content (AvgIpc) is 2.54. The van der Waals surface area contributed by atoms with Crippen molar-refractivity contribution in [1.29, 1.82) is 0 Å². The summed E-state index contributed by atoms with van der Waals surface area (Å²) < 4.78 is 11.3. The molecule has 1 unspecified atom stereocenters. The van der Waals surface area contributed by atoms with Gasteiger partial charge in [0.05, 0.1) is 11.6 Å². The van der Waals surface area contributed by atoms with E-state index in [0.717, 1.165) is 0 Å². The Hall–Kier alpha value is -1.98. The summed E-state index contributed by atoms with van der Waals surface area (Å²) in [7, 11) is 0. The van der Waals surface area contributed by atoms with Gasteiger partial charge < -0.3 is 14.8 Å². The molecule has 0 radical (unpaired) electrons. The predicted molar refractivity (Wildman–Crippen MR) is 82.9 cm³/mol. The molecular weight excluding hydrogens is 327 g/mol. The van der Waals surface area contributed by atoms with E-state index in [-0.39, 0.29) is 28.5 Å². The first kappa shape index (κ1) is 14.9. The maximum Gasteiger partial charge on any atom is 0.271 e. The van der Waals surface area contributed by atoms with Crippen LogP contribution in [0.5, 0.6) is 11.5 Å². The second-order valence-corrected chi connectivity index (χ2v) is 5.47. The van der Waals surface area contributed by atoms with E-state index in [4.69, 9.17) is 32.7 Å². The van der Waals surface area contributed by atoms with E-state index in [2.05, 4.69) is 10.3 Å². The van der Waals surface area contributed by atoms with E-state index in [1.165, 1.54) is 12.1 Å². The Balaban J connectivity index is 1.61. The minimum atomic E-state index is -0.407. The molecule has 114 valence electrons. The molecule has 7 heteroatoms. The monoisotopic (exact) mass is 338 g/mol. The molecule has 0 saturated heterocycles. The Kier molecular flexibility index (Phi) is 4.36. The van der Waals surface area contributed by atoms with Gasteiger partial charge >= 0.3 is 0 Å². The third kappa shape index (κ3) is 3.26. The number of amides is 1. The molecule has 1 aromatic heterocycles. The number of halogens is 2. The van der Waals surface area contributed by atoms with E-state index in [0.29, 0.717) is 18.1 Å². The zero-order valence-electron chi connectivity index (χ0n) is 11.4. The number of para-hydroxylation sites is 2. The topological polar surface area (TPSA) is 60.5 Å². The van der Waals surface area contributed by atoms with Crippen molar-refractivity contribution in [3.8, 4) is 11.5 Å². The van der Waals surface area contributed by atoms with E-state index < -0.39 is 5.91 Å². The molecule has 1 N–H and O–H groups in total. The van der Waals surface area contributed by atoms with Crippen LogP contribution in [0.2, 0.25) is 10.2 Å². The fourth-order valence-electron chi connectivity index (χ4n) is 2.03. The van der Waals surface area contributed by atoms with Gasteiger partial charge in [0.1, 0.15) is 23.6 Å². The lowest BCUT2D eigenvalue weighted by atomic mass is 10.2. The van der Waals surface area contributed by atoms with E-state index >= 15 is 0 Å². The van der Waals surface area contributed by atoms with E-state index in [9.17, 15) is 4.79 Å². The van der Waals surface area contributed by atoms with Crippen LogP contribution in [0.3, 0.4) is 0 Å². The van der Waals surface area contributed by atoms with Gasteiger partial charge in [0.15, 0.2) is 11.5 Å². The Morgan fingerprint density at radius 2 is 2.00 bits per heavy atom. The Morgan fingerprint density at radius 3 is 2.82 bits per heavy atom. The number of hydrogen-bond donors (Lipinski definition) is 1. The lowest BCUT2D eigenvalue weighted by Gasteiger charge is -2.26. The van der Waals surface area contributed by atoms with Crippen LogP contribution < -0.4 is 14.8 Å². The third-order valence-electron chi connectivity index (χ3n) is 3.08. The summed E-state index contributed by atoms with van der Waals surface area (Å²) in [5.41, 5.74) is 0.0892. The molecule has 1 aliphatic heterocycles. The van der Waals surface area contributed by atoms with Gasteiger partial charge in [-0.05, 0) is 24.3 Å². The minimum Gasteiger partial charge on any atom is -0.486 e. The maximum atomic E-state index is 12.1. The van der Waals surface area contributed by atoms with Crippen LogP contribution in [-0.4, -0.2) is 30.1 Å². The largest absolute Gasteiger partial charge is 0.486 e. The highest BCUT2D eigenvalue weighted by Gasteiger charge is 2.22. The maximum absolute atomic E-state index is 12.1. The van der Waals surface area contributed by atoms with Crippen LogP contribution >= 0.6 is 23.2 Å². The SMILES string of the molecule is O=C(NCC1COc2ccccc2O1)c1nc(Cl)ccc1Cl. The Bertz CT molecular complexity index is 709. The number of fused-ring (bicyclic) bond motifs is 1. The number of nitrogens with one attached hydrogen (secondary N) is 1. The average molecular weight is 339 g/mol. The van der Waals surface area contributed by atoms with Crippen molar-refractivity contribution in [1.82, 2.24) is 10.3 Å². The van der Waals surface area contributed by atoms with Gasteiger partial charge in [-0.3, -0.25) is 4.79 Å². The smallest absolute Gasteiger partial charge is 0.271 e. The molecule has 5 nitrogen and oxygen atoms in total. The zero-order valence-corrected chi connectivity index (χ0v) is 12.9. The molecule has 0 saturated carbocycles.